The number of carbonyl (C=O) groups is 1. The lowest BCUT2D eigenvalue weighted by molar-refractivity contribution is -0.153. The first-order valence-electron chi connectivity index (χ1n) is 13.2. The topological polar surface area (TPSA) is 54.0 Å². The van der Waals surface area contributed by atoms with Crippen molar-refractivity contribution in [3.63, 3.8) is 0 Å². The Kier molecular flexibility index (Phi) is 8.57. The van der Waals surface area contributed by atoms with E-state index in [2.05, 4.69) is 64.1 Å². The van der Waals surface area contributed by atoms with Gasteiger partial charge in [0.1, 0.15) is 24.1 Å². The summed E-state index contributed by atoms with van der Waals surface area (Å²) < 4.78 is 23.2. The Morgan fingerprint density at radius 1 is 1.00 bits per heavy atom. The number of esters is 1. The maximum atomic E-state index is 12.4. The molecule has 36 heavy (non-hydrogen) atoms. The van der Waals surface area contributed by atoms with Gasteiger partial charge in [0.05, 0.1) is 13.0 Å². The number of benzene rings is 2. The second-order valence-corrected chi connectivity index (χ2v) is 11.4. The lowest BCUT2D eigenvalue weighted by Crippen LogP contribution is -2.27. The summed E-state index contributed by atoms with van der Waals surface area (Å²) in [6.07, 6.45) is 2.16. The maximum Gasteiger partial charge on any atom is 0.310 e. The van der Waals surface area contributed by atoms with Gasteiger partial charge in [-0.2, -0.15) is 0 Å². The van der Waals surface area contributed by atoms with Gasteiger partial charge in [-0.05, 0) is 95.2 Å². The third-order valence-corrected chi connectivity index (χ3v) is 7.08. The molecule has 1 atom stereocenters. The van der Waals surface area contributed by atoms with Crippen molar-refractivity contribution in [3.8, 4) is 5.75 Å². The minimum absolute atomic E-state index is 0.0633. The van der Waals surface area contributed by atoms with Crippen molar-refractivity contribution >= 4 is 5.97 Å². The molecule has 0 radical (unpaired) electrons. The third-order valence-electron chi connectivity index (χ3n) is 7.08. The molecule has 5 nitrogen and oxygen atoms in total. The Labute approximate surface area is 217 Å². The first-order chi connectivity index (χ1) is 16.8. The molecule has 1 unspecified atom stereocenters. The van der Waals surface area contributed by atoms with Gasteiger partial charge in [0.2, 0.25) is 0 Å². The van der Waals surface area contributed by atoms with Crippen LogP contribution in [0, 0.1) is 13.8 Å². The lowest BCUT2D eigenvalue weighted by Gasteiger charge is -2.34. The van der Waals surface area contributed by atoms with Crippen LogP contribution < -0.4 is 4.74 Å². The molecule has 0 aliphatic carbocycles. The van der Waals surface area contributed by atoms with Gasteiger partial charge >= 0.3 is 5.97 Å². The quantitative estimate of drug-likeness (QED) is 0.356. The molecule has 0 amide bonds. The number of carbonyl (C=O) groups excluding carboxylic acids is 1. The van der Waals surface area contributed by atoms with Crippen molar-refractivity contribution in [3.05, 3.63) is 64.2 Å². The highest BCUT2D eigenvalue weighted by Crippen LogP contribution is 2.41. The van der Waals surface area contributed by atoms with Crippen LogP contribution in [0.2, 0.25) is 0 Å². The SMILES string of the molecule is CCC(CC)(c1ccc(CC(=O)OC(C)(C)C)c(C)c1)c1ccc(OCC2COC(C)(C)O2)c(C)c1. The molecule has 0 spiro atoms. The fraction of sp³-hybridized carbons (Fsp3) is 0.581. The van der Waals surface area contributed by atoms with E-state index in [4.69, 9.17) is 18.9 Å². The number of aryl methyl sites for hydroxylation is 2. The summed E-state index contributed by atoms with van der Waals surface area (Å²) in [7, 11) is 0. The van der Waals surface area contributed by atoms with Crippen molar-refractivity contribution in [1.29, 1.82) is 0 Å². The minimum Gasteiger partial charge on any atom is -0.491 e. The maximum absolute atomic E-state index is 12.4. The monoisotopic (exact) mass is 496 g/mol. The average Bonchev–Trinajstić information content (AvgIpc) is 3.13. The van der Waals surface area contributed by atoms with Crippen molar-refractivity contribution in [1.82, 2.24) is 0 Å². The Balaban J connectivity index is 1.80. The first-order valence-corrected chi connectivity index (χ1v) is 13.2. The molecular weight excluding hydrogens is 452 g/mol. The predicted molar refractivity (Wildman–Crippen MR) is 144 cm³/mol. The van der Waals surface area contributed by atoms with Gasteiger partial charge in [0, 0.05) is 5.41 Å². The van der Waals surface area contributed by atoms with Gasteiger partial charge in [-0.3, -0.25) is 4.79 Å². The number of ether oxygens (including phenoxy) is 4. The van der Waals surface area contributed by atoms with Crippen LogP contribution in [-0.2, 0) is 30.8 Å². The Bertz CT molecular complexity index is 1060. The van der Waals surface area contributed by atoms with E-state index < -0.39 is 11.4 Å². The average molecular weight is 497 g/mol. The van der Waals surface area contributed by atoms with Crippen molar-refractivity contribution < 1.29 is 23.7 Å². The summed E-state index contributed by atoms with van der Waals surface area (Å²) in [5.74, 6) is 0.132. The largest absolute Gasteiger partial charge is 0.491 e. The van der Waals surface area contributed by atoms with E-state index in [1.807, 2.05) is 34.6 Å². The normalized spacial score (nSPS) is 17.8. The number of hydrogen-bond acceptors (Lipinski definition) is 5. The predicted octanol–water partition coefficient (Wildman–Crippen LogP) is 6.82. The molecule has 0 aromatic heterocycles. The molecule has 5 heteroatoms. The van der Waals surface area contributed by atoms with E-state index in [1.54, 1.807) is 0 Å². The minimum atomic E-state index is -0.546. The molecule has 1 heterocycles. The van der Waals surface area contributed by atoms with E-state index in [1.165, 1.54) is 11.1 Å². The van der Waals surface area contributed by atoms with E-state index >= 15 is 0 Å². The van der Waals surface area contributed by atoms with Gasteiger partial charge < -0.3 is 18.9 Å². The van der Waals surface area contributed by atoms with E-state index in [-0.39, 0.29) is 23.9 Å². The van der Waals surface area contributed by atoms with Crippen LogP contribution in [0.5, 0.6) is 5.75 Å². The van der Waals surface area contributed by atoms with Gasteiger partial charge in [-0.25, -0.2) is 0 Å². The number of hydrogen-bond donors (Lipinski definition) is 0. The zero-order chi connectivity index (χ0) is 26.7. The highest BCUT2D eigenvalue weighted by atomic mass is 16.7. The fourth-order valence-electron chi connectivity index (χ4n) is 5.10. The summed E-state index contributed by atoms with van der Waals surface area (Å²) >= 11 is 0. The second-order valence-electron chi connectivity index (χ2n) is 11.4. The van der Waals surface area contributed by atoms with E-state index in [0.29, 0.717) is 13.2 Å². The molecule has 198 valence electrons. The van der Waals surface area contributed by atoms with Crippen LogP contribution in [0.3, 0.4) is 0 Å². The summed E-state index contributed by atoms with van der Waals surface area (Å²) in [4.78, 5) is 12.4. The third kappa shape index (κ3) is 6.68. The highest BCUT2D eigenvalue weighted by Gasteiger charge is 2.34. The zero-order valence-electron chi connectivity index (χ0n) is 23.6. The first kappa shape index (κ1) is 28.2. The zero-order valence-corrected chi connectivity index (χ0v) is 23.6. The summed E-state index contributed by atoms with van der Waals surface area (Å²) in [6, 6.07) is 13.0. The fourth-order valence-corrected chi connectivity index (χ4v) is 5.10. The van der Waals surface area contributed by atoms with Crippen LogP contribution >= 0.6 is 0 Å². The van der Waals surface area contributed by atoms with Gasteiger partial charge in [0.15, 0.2) is 5.79 Å². The van der Waals surface area contributed by atoms with Gasteiger partial charge in [-0.1, -0.05) is 44.2 Å². The molecule has 0 saturated carbocycles. The van der Waals surface area contributed by atoms with Crippen molar-refractivity contribution in [2.75, 3.05) is 13.2 Å². The van der Waals surface area contributed by atoms with Gasteiger partial charge in [0.25, 0.3) is 0 Å². The molecular formula is C31H44O5. The molecule has 1 aliphatic rings. The van der Waals surface area contributed by atoms with E-state index in [9.17, 15) is 4.79 Å². The summed E-state index contributed by atoms with van der Waals surface area (Å²) in [5.41, 5.74) is 5.18. The Morgan fingerprint density at radius 2 is 1.61 bits per heavy atom. The highest BCUT2D eigenvalue weighted by molar-refractivity contribution is 5.73. The smallest absolute Gasteiger partial charge is 0.310 e. The molecule has 2 aromatic carbocycles. The molecule has 0 N–H and O–H groups in total. The second kappa shape index (κ2) is 10.9. The lowest BCUT2D eigenvalue weighted by atomic mass is 9.70. The Hall–Kier alpha value is -2.37. The molecule has 1 aliphatic heterocycles. The van der Waals surface area contributed by atoms with Crippen molar-refractivity contribution in [2.24, 2.45) is 0 Å². The molecule has 3 rings (SSSR count). The van der Waals surface area contributed by atoms with Crippen LogP contribution in [0.1, 0.15) is 89.1 Å². The van der Waals surface area contributed by atoms with Crippen LogP contribution in [0.4, 0.5) is 0 Å². The summed E-state index contributed by atoms with van der Waals surface area (Å²) in [5, 5.41) is 0. The number of rotatable bonds is 9. The van der Waals surface area contributed by atoms with E-state index in [0.717, 1.165) is 35.3 Å². The standard InChI is InChI=1S/C31H44O5/c1-10-31(11-2,24-13-12-23(21(3)16-24)18-28(32)36-29(5,6)7)25-14-15-27(22(4)17-25)33-19-26-20-34-30(8,9)35-26/h12-17,26H,10-11,18-20H2,1-9H3. The van der Waals surface area contributed by atoms with Crippen LogP contribution in [0.15, 0.2) is 36.4 Å². The van der Waals surface area contributed by atoms with Gasteiger partial charge in [-0.15, -0.1) is 0 Å². The van der Waals surface area contributed by atoms with Crippen molar-refractivity contribution in [2.45, 2.75) is 104 Å². The van der Waals surface area contributed by atoms with Crippen LogP contribution in [0.25, 0.3) is 0 Å². The summed E-state index contributed by atoms with van der Waals surface area (Å²) in [6.45, 7) is 19.2. The molecule has 1 saturated heterocycles. The molecule has 1 fully saturated rings. The Morgan fingerprint density at radius 3 is 2.11 bits per heavy atom. The van der Waals surface area contributed by atoms with Crippen LogP contribution in [-0.4, -0.2) is 36.7 Å². The molecule has 2 aromatic rings. The molecule has 0 bridgehead atoms.